The van der Waals surface area contributed by atoms with Crippen molar-refractivity contribution >= 4 is 0 Å². The van der Waals surface area contributed by atoms with Crippen LogP contribution in [0.5, 0.6) is 0 Å². The minimum Gasteiger partial charge on any atom is -0.305 e. The van der Waals surface area contributed by atoms with Crippen molar-refractivity contribution in [3.63, 3.8) is 0 Å². The monoisotopic (exact) mass is 211 g/mol. The summed E-state index contributed by atoms with van der Waals surface area (Å²) in [4.78, 5) is 2.64. The van der Waals surface area contributed by atoms with Gasteiger partial charge in [0.15, 0.2) is 0 Å². The van der Waals surface area contributed by atoms with E-state index in [4.69, 9.17) is 0 Å². The van der Waals surface area contributed by atoms with Crippen LogP contribution in [0.3, 0.4) is 0 Å². The summed E-state index contributed by atoms with van der Waals surface area (Å²) in [6.07, 6.45) is 10.4. The van der Waals surface area contributed by atoms with Crippen molar-refractivity contribution in [1.29, 1.82) is 0 Å². The zero-order chi connectivity index (χ0) is 10.3. The third-order valence-electron chi connectivity index (χ3n) is 7.46. The van der Waals surface area contributed by atoms with Crippen molar-refractivity contribution in [2.24, 2.45) is 46.3 Å². The van der Waals surface area contributed by atoms with E-state index < -0.39 is 0 Å². The number of hydrogen-bond donors (Lipinski definition) is 0. The van der Waals surface area contributed by atoms with E-state index in [2.05, 4.69) is 36.3 Å². The van der Waals surface area contributed by atoms with Crippen molar-refractivity contribution in [2.75, 3.05) is 20.1 Å². The Kier molecular flexibility index (Phi) is 0.850. The average Bonchev–Trinajstić information content (AvgIpc) is 2.98. The van der Waals surface area contributed by atoms with Gasteiger partial charge in [-0.25, -0.2) is 0 Å². The van der Waals surface area contributed by atoms with Crippen LogP contribution in [-0.2, 0) is 0 Å². The lowest BCUT2D eigenvalue weighted by atomic mass is 9.55. The lowest BCUT2D eigenvalue weighted by Crippen LogP contribution is -2.47. The van der Waals surface area contributed by atoms with Crippen LogP contribution in [0.1, 0.15) is 0 Å². The van der Waals surface area contributed by atoms with Gasteiger partial charge in [0.2, 0.25) is 0 Å². The van der Waals surface area contributed by atoms with Crippen LogP contribution >= 0.6 is 0 Å². The van der Waals surface area contributed by atoms with Gasteiger partial charge in [-0.05, 0) is 42.6 Å². The molecule has 0 aromatic heterocycles. The Labute approximate surface area is 96.2 Å². The normalized spacial score (nSPS) is 75.1. The summed E-state index contributed by atoms with van der Waals surface area (Å²) in [5, 5.41) is 0. The highest BCUT2D eigenvalue weighted by molar-refractivity contribution is 5.49. The van der Waals surface area contributed by atoms with Crippen LogP contribution in [0.2, 0.25) is 0 Å². The summed E-state index contributed by atoms with van der Waals surface area (Å²) in [7, 11) is 2.35. The molecule has 4 atom stereocenters. The maximum absolute atomic E-state index is 2.64. The molecule has 1 nitrogen and oxygen atoms in total. The molecule has 0 aromatic carbocycles. The van der Waals surface area contributed by atoms with Crippen LogP contribution in [0.15, 0.2) is 24.3 Å². The van der Waals surface area contributed by atoms with Crippen molar-refractivity contribution < 1.29 is 0 Å². The Morgan fingerprint density at radius 1 is 0.812 bits per heavy atom. The Hall–Kier alpha value is -0.560. The number of rotatable bonds is 0. The molecule has 82 valence electrons. The van der Waals surface area contributed by atoms with Crippen LogP contribution in [-0.4, -0.2) is 25.0 Å². The van der Waals surface area contributed by atoms with Crippen molar-refractivity contribution in [1.82, 2.24) is 4.90 Å². The number of nitrogens with zero attached hydrogens (tertiary/aromatic N) is 1. The van der Waals surface area contributed by atoms with E-state index in [1.165, 1.54) is 13.1 Å². The van der Waals surface area contributed by atoms with E-state index in [-0.39, 0.29) is 0 Å². The van der Waals surface area contributed by atoms with E-state index in [1.54, 1.807) is 0 Å². The third kappa shape index (κ3) is 0.396. The minimum atomic E-state index is 0.690. The van der Waals surface area contributed by atoms with Crippen molar-refractivity contribution in [2.45, 2.75) is 0 Å². The molecule has 5 fully saturated rings. The largest absolute Gasteiger partial charge is 0.305 e. The second kappa shape index (κ2) is 1.77. The standard InChI is InChI=1S/C15H17N/c1-16-6-14-8-2-3-9-12(8)13-10(14)4-5-11(13)15(9,14)7-16/h2-5,8-13H,6-7H2,1H3. The van der Waals surface area contributed by atoms with E-state index in [9.17, 15) is 0 Å². The van der Waals surface area contributed by atoms with Gasteiger partial charge >= 0.3 is 0 Å². The first-order valence-corrected chi connectivity index (χ1v) is 6.86. The molecule has 8 bridgehead atoms. The first-order chi connectivity index (χ1) is 7.81. The van der Waals surface area contributed by atoms with Crippen LogP contribution in [0.4, 0.5) is 0 Å². The topological polar surface area (TPSA) is 3.24 Å². The molecule has 16 heavy (non-hydrogen) atoms. The summed E-state index contributed by atoms with van der Waals surface area (Å²) in [5.74, 6) is 5.94. The van der Waals surface area contributed by atoms with Crippen molar-refractivity contribution in [3.05, 3.63) is 24.3 Å². The van der Waals surface area contributed by atoms with Gasteiger partial charge in [0.1, 0.15) is 0 Å². The predicted molar refractivity (Wildman–Crippen MR) is 61.6 cm³/mol. The summed E-state index contributed by atoms with van der Waals surface area (Å²) >= 11 is 0. The molecule has 7 aliphatic rings. The maximum atomic E-state index is 2.64. The molecule has 1 aliphatic heterocycles. The third-order valence-corrected chi connectivity index (χ3v) is 7.46. The Morgan fingerprint density at radius 3 is 1.56 bits per heavy atom. The van der Waals surface area contributed by atoms with E-state index in [0.717, 1.165) is 35.5 Å². The Bertz CT molecular complexity index is 416. The summed E-state index contributed by atoms with van der Waals surface area (Å²) < 4.78 is 0. The van der Waals surface area contributed by atoms with Gasteiger partial charge in [-0.15, -0.1) is 0 Å². The van der Waals surface area contributed by atoms with Gasteiger partial charge < -0.3 is 4.90 Å². The number of hydrogen-bond acceptors (Lipinski definition) is 1. The quantitative estimate of drug-likeness (QED) is 0.552. The van der Waals surface area contributed by atoms with Crippen LogP contribution in [0, 0.1) is 46.3 Å². The molecule has 1 saturated heterocycles. The Balaban J connectivity index is 1.77. The van der Waals surface area contributed by atoms with Crippen LogP contribution < -0.4 is 0 Å². The fraction of sp³-hybridized carbons (Fsp3) is 0.733. The molecule has 2 spiro atoms. The highest BCUT2D eigenvalue weighted by Gasteiger charge is 2.89. The molecule has 4 saturated carbocycles. The summed E-state index contributed by atoms with van der Waals surface area (Å²) in [6, 6.07) is 0. The molecule has 0 N–H and O–H groups in total. The van der Waals surface area contributed by atoms with Gasteiger partial charge in [-0.2, -0.15) is 0 Å². The van der Waals surface area contributed by atoms with E-state index in [0.29, 0.717) is 10.8 Å². The molecule has 0 radical (unpaired) electrons. The van der Waals surface area contributed by atoms with Gasteiger partial charge in [-0.3, -0.25) is 0 Å². The van der Waals surface area contributed by atoms with Gasteiger partial charge in [0.25, 0.3) is 0 Å². The fourth-order valence-corrected chi connectivity index (χ4v) is 7.81. The molecule has 6 aliphatic carbocycles. The van der Waals surface area contributed by atoms with E-state index in [1.807, 2.05) is 0 Å². The second-order valence-corrected chi connectivity index (χ2v) is 7.28. The highest BCUT2D eigenvalue weighted by atomic mass is 15.2. The molecular weight excluding hydrogens is 194 g/mol. The van der Waals surface area contributed by atoms with Crippen LogP contribution in [0.25, 0.3) is 0 Å². The van der Waals surface area contributed by atoms with E-state index >= 15 is 0 Å². The number of likely N-dealkylation sites (tertiary alicyclic amines) is 1. The zero-order valence-electron chi connectivity index (χ0n) is 9.63. The highest BCUT2D eigenvalue weighted by Crippen LogP contribution is 2.91. The number of allylic oxidation sites excluding steroid dienone is 4. The molecule has 0 amide bonds. The maximum Gasteiger partial charge on any atom is 0.00530 e. The second-order valence-electron chi connectivity index (χ2n) is 7.28. The zero-order valence-corrected chi connectivity index (χ0v) is 9.63. The first kappa shape index (κ1) is 7.71. The van der Waals surface area contributed by atoms with Gasteiger partial charge in [0, 0.05) is 23.9 Å². The molecule has 0 aromatic rings. The SMILES string of the molecule is CN1CC23C4C=CC5C4C4C2C=CC4C53C1. The smallest absolute Gasteiger partial charge is 0.00530 e. The minimum absolute atomic E-state index is 0.690. The molecule has 4 unspecified atom stereocenters. The summed E-state index contributed by atoms with van der Waals surface area (Å²) in [5.41, 5.74) is 1.38. The van der Waals surface area contributed by atoms with Gasteiger partial charge in [0.05, 0.1) is 0 Å². The summed E-state index contributed by atoms with van der Waals surface area (Å²) in [6.45, 7) is 2.77. The molecular formula is C15H17N. The molecule has 1 heteroatoms. The van der Waals surface area contributed by atoms with Crippen molar-refractivity contribution in [3.8, 4) is 0 Å². The molecule has 1 heterocycles. The lowest BCUT2D eigenvalue weighted by molar-refractivity contribution is 0.0650. The molecule has 7 rings (SSSR count). The first-order valence-electron chi connectivity index (χ1n) is 6.86. The fourth-order valence-electron chi connectivity index (χ4n) is 7.81. The predicted octanol–water partition coefficient (Wildman–Crippen LogP) is 1.78. The Morgan fingerprint density at radius 2 is 1.19 bits per heavy atom. The lowest BCUT2D eigenvalue weighted by Gasteiger charge is -2.47. The average molecular weight is 211 g/mol. The van der Waals surface area contributed by atoms with Gasteiger partial charge in [-0.1, -0.05) is 24.3 Å².